The average molecular weight is 700 g/mol. The van der Waals surface area contributed by atoms with E-state index in [-0.39, 0.29) is 0 Å². The Morgan fingerprint density at radius 1 is 0.463 bits per heavy atom. The second-order valence-electron chi connectivity index (χ2n) is 13.1. The summed E-state index contributed by atoms with van der Waals surface area (Å²) in [6.45, 7) is 0. The van der Waals surface area contributed by atoms with Gasteiger partial charge in [-0.15, -0.1) is 5.10 Å². The molecule has 9 nitrogen and oxygen atoms in total. The van der Waals surface area contributed by atoms with Crippen LogP contribution >= 0.6 is 0 Å². The summed E-state index contributed by atoms with van der Waals surface area (Å²) in [4.78, 5) is 10.2. The van der Waals surface area contributed by atoms with Crippen molar-refractivity contribution < 1.29 is 0 Å². The maximum Gasteiger partial charge on any atom is 0.220 e. The highest BCUT2D eigenvalue weighted by Crippen LogP contribution is 2.33. The van der Waals surface area contributed by atoms with E-state index in [0.29, 0.717) is 11.5 Å². The Bertz CT molecular complexity index is 2940. The first-order chi connectivity index (χ1) is 26.7. The summed E-state index contributed by atoms with van der Waals surface area (Å²) in [6.07, 6.45) is 0. The molecule has 10 rings (SSSR count). The molecule has 0 amide bonds. The van der Waals surface area contributed by atoms with Crippen molar-refractivity contribution in [1.29, 1.82) is 0 Å². The van der Waals surface area contributed by atoms with Crippen LogP contribution < -0.4 is 16.4 Å². The number of nitrogens with two attached hydrogens (primary N) is 1. The Morgan fingerprint density at radius 2 is 1.07 bits per heavy atom. The van der Waals surface area contributed by atoms with Crippen LogP contribution in [0.1, 0.15) is 0 Å². The monoisotopic (exact) mass is 699 g/mol. The Kier molecular flexibility index (Phi) is 7.40. The van der Waals surface area contributed by atoms with Crippen molar-refractivity contribution in [2.45, 2.75) is 0 Å². The first-order valence-corrected chi connectivity index (χ1v) is 17.8. The summed E-state index contributed by atoms with van der Waals surface area (Å²) in [7, 11) is 0. The van der Waals surface area contributed by atoms with Crippen LogP contribution in [0.4, 0.5) is 28.4 Å². The number of nitrogens with one attached hydrogen (secondary N) is 2. The van der Waals surface area contributed by atoms with Crippen molar-refractivity contribution in [2.24, 2.45) is 0 Å². The zero-order chi connectivity index (χ0) is 36.0. The molecule has 3 aromatic heterocycles. The van der Waals surface area contributed by atoms with Crippen molar-refractivity contribution in [3.8, 4) is 34.2 Å². The molecule has 0 fully saturated rings. The quantitative estimate of drug-likeness (QED) is 0.136. The molecule has 0 saturated heterocycles. The number of rotatable bonds is 8. The topological polar surface area (TPSA) is 103 Å². The van der Waals surface area contributed by atoms with Gasteiger partial charge < -0.3 is 16.4 Å². The third-order valence-corrected chi connectivity index (χ3v) is 9.68. The summed E-state index contributed by atoms with van der Waals surface area (Å²) in [5, 5.41) is 12.0. The number of nitrogens with zero attached hydrogens (tertiary/aromatic N) is 6. The second-order valence-corrected chi connectivity index (χ2v) is 13.1. The number of anilines is 5. The highest BCUT2D eigenvalue weighted by atomic mass is 15.4. The molecule has 4 N–H and O–H groups in total. The van der Waals surface area contributed by atoms with Gasteiger partial charge in [-0.05, 0) is 109 Å². The predicted molar refractivity (Wildman–Crippen MR) is 219 cm³/mol. The fraction of sp³-hybridized carbons (Fsp3) is 0. The fourth-order valence-electron chi connectivity index (χ4n) is 7.05. The molecule has 3 heterocycles. The van der Waals surface area contributed by atoms with Gasteiger partial charge in [0, 0.05) is 22.5 Å². The lowest BCUT2D eigenvalue weighted by atomic mass is 10.1. The second kappa shape index (κ2) is 12.8. The number of hydrogen-bond donors (Lipinski definition) is 3. The van der Waals surface area contributed by atoms with E-state index in [0.717, 1.165) is 78.9 Å². The van der Waals surface area contributed by atoms with Gasteiger partial charge >= 0.3 is 0 Å². The molecule has 0 aliphatic heterocycles. The molecule has 0 spiro atoms. The van der Waals surface area contributed by atoms with Gasteiger partial charge in [0.25, 0.3) is 0 Å². The lowest BCUT2D eigenvalue weighted by molar-refractivity contribution is 0.890. The number of imidazole rings is 2. The van der Waals surface area contributed by atoms with Gasteiger partial charge in [-0.1, -0.05) is 66.7 Å². The van der Waals surface area contributed by atoms with Crippen LogP contribution in [-0.2, 0) is 0 Å². The van der Waals surface area contributed by atoms with E-state index in [2.05, 4.69) is 86.3 Å². The molecule has 10 aromatic rings. The number of nitrogen functional groups attached to an aromatic ring is 1. The van der Waals surface area contributed by atoms with E-state index in [4.69, 9.17) is 20.8 Å². The Morgan fingerprint density at radius 3 is 1.83 bits per heavy atom. The SMILES string of the molecule is Nc1ccccc1Nc1ccccc1Nc1ccc(-c2nc(-c3ccc(-n4c5ccccc5n5c6ccccc6nc45)cc3)n(-c3ccccc3)n2)cc1. The summed E-state index contributed by atoms with van der Waals surface area (Å²) >= 11 is 0. The molecule has 258 valence electrons. The summed E-state index contributed by atoms with van der Waals surface area (Å²) in [5.74, 6) is 2.26. The average Bonchev–Trinajstić information content (AvgIpc) is 3.92. The number of hydrogen-bond acceptors (Lipinski definition) is 6. The molecule has 0 bridgehead atoms. The minimum atomic E-state index is 0.633. The molecule has 0 radical (unpaired) electrons. The van der Waals surface area contributed by atoms with Crippen molar-refractivity contribution in [2.75, 3.05) is 16.4 Å². The summed E-state index contributed by atoms with van der Waals surface area (Å²) < 4.78 is 6.36. The first kappa shape index (κ1) is 31.1. The van der Waals surface area contributed by atoms with Gasteiger partial charge in [0.05, 0.1) is 50.5 Å². The molecule has 7 aromatic carbocycles. The first-order valence-electron chi connectivity index (χ1n) is 17.8. The molecule has 0 saturated carbocycles. The number of aromatic nitrogens is 6. The third-order valence-electron chi connectivity index (χ3n) is 9.68. The van der Waals surface area contributed by atoms with Crippen molar-refractivity contribution in [1.82, 2.24) is 28.7 Å². The molecular weight excluding hydrogens is 667 g/mol. The highest BCUT2D eigenvalue weighted by molar-refractivity contribution is 5.92. The van der Waals surface area contributed by atoms with Crippen LogP contribution in [0.25, 0.3) is 62.0 Å². The van der Waals surface area contributed by atoms with Crippen LogP contribution in [-0.4, -0.2) is 28.7 Å². The standard InChI is InChI=1S/C45H33N9/c46-35-14-4-5-15-36(35)48-38-17-7-6-16-37(38)47-32-26-22-30(23-27-32)43-50-44(54(51-43)34-12-2-1-3-13-34)31-24-28-33(29-25-31)52-41-20-10-11-21-42(41)53-40-19-9-8-18-39(40)49-45(52)53/h1-29,47-48H,46H2. The lowest BCUT2D eigenvalue weighted by Crippen LogP contribution is -2.00. The van der Waals surface area contributed by atoms with Gasteiger partial charge in [-0.3, -0.25) is 8.97 Å². The third kappa shape index (κ3) is 5.39. The zero-order valence-electron chi connectivity index (χ0n) is 29.0. The van der Waals surface area contributed by atoms with E-state index in [9.17, 15) is 0 Å². The fourth-order valence-corrected chi connectivity index (χ4v) is 7.05. The van der Waals surface area contributed by atoms with Crippen LogP contribution in [0.5, 0.6) is 0 Å². The minimum Gasteiger partial charge on any atom is -0.397 e. The largest absolute Gasteiger partial charge is 0.397 e. The van der Waals surface area contributed by atoms with E-state index in [1.807, 2.05) is 114 Å². The molecular formula is C45H33N9. The molecule has 54 heavy (non-hydrogen) atoms. The molecule has 0 aliphatic carbocycles. The van der Waals surface area contributed by atoms with Gasteiger partial charge in [0.2, 0.25) is 5.78 Å². The summed E-state index contributed by atoms with van der Waals surface area (Å²) in [5.41, 5.74) is 18.6. The zero-order valence-corrected chi connectivity index (χ0v) is 29.0. The smallest absolute Gasteiger partial charge is 0.220 e. The molecule has 0 unspecified atom stereocenters. The maximum atomic E-state index is 6.20. The number of fused-ring (bicyclic) bond motifs is 5. The van der Waals surface area contributed by atoms with Crippen LogP contribution in [0.15, 0.2) is 176 Å². The van der Waals surface area contributed by atoms with Crippen molar-refractivity contribution in [3.63, 3.8) is 0 Å². The summed E-state index contributed by atoms with van der Waals surface area (Å²) in [6, 6.07) is 59.3. The van der Waals surface area contributed by atoms with Gasteiger partial charge in [0.1, 0.15) is 0 Å². The molecule has 0 atom stereocenters. The molecule has 9 heteroatoms. The number of para-hydroxylation sites is 9. The Labute approximate surface area is 310 Å². The van der Waals surface area contributed by atoms with E-state index in [1.165, 1.54) is 0 Å². The van der Waals surface area contributed by atoms with Gasteiger partial charge in [0.15, 0.2) is 11.6 Å². The van der Waals surface area contributed by atoms with Crippen molar-refractivity contribution >= 4 is 56.3 Å². The lowest BCUT2D eigenvalue weighted by Gasteiger charge is -2.15. The predicted octanol–water partition coefficient (Wildman–Crippen LogP) is 10.4. The van der Waals surface area contributed by atoms with Crippen molar-refractivity contribution in [3.05, 3.63) is 176 Å². The Hall–Kier alpha value is -7.65. The van der Waals surface area contributed by atoms with Crippen LogP contribution in [0, 0.1) is 0 Å². The Balaban J connectivity index is 0.986. The van der Waals surface area contributed by atoms with Crippen LogP contribution in [0.2, 0.25) is 0 Å². The van der Waals surface area contributed by atoms with E-state index < -0.39 is 0 Å². The van der Waals surface area contributed by atoms with Gasteiger partial charge in [-0.25, -0.2) is 14.6 Å². The van der Waals surface area contributed by atoms with Crippen LogP contribution in [0.3, 0.4) is 0 Å². The van der Waals surface area contributed by atoms with Gasteiger partial charge in [-0.2, -0.15) is 0 Å². The van der Waals surface area contributed by atoms with E-state index >= 15 is 0 Å². The highest BCUT2D eigenvalue weighted by Gasteiger charge is 2.19. The molecule has 0 aliphatic rings. The van der Waals surface area contributed by atoms with E-state index in [1.54, 1.807) is 0 Å². The normalized spacial score (nSPS) is 11.4. The maximum absolute atomic E-state index is 6.20. The minimum absolute atomic E-state index is 0.633. The number of benzene rings is 7.